The van der Waals surface area contributed by atoms with E-state index in [0.29, 0.717) is 10.0 Å². The van der Waals surface area contributed by atoms with E-state index < -0.39 is 0 Å². The molecule has 0 aliphatic carbocycles. The molecule has 7 heteroatoms. The summed E-state index contributed by atoms with van der Waals surface area (Å²) >= 11 is 2.91. The zero-order chi connectivity index (χ0) is 14.1. The van der Waals surface area contributed by atoms with Gasteiger partial charge in [0.1, 0.15) is 10.7 Å². The topological polar surface area (TPSA) is 80.0 Å². The van der Waals surface area contributed by atoms with E-state index in [9.17, 15) is 4.79 Å². The van der Waals surface area contributed by atoms with Crippen LogP contribution in [-0.2, 0) is 0 Å². The van der Waals surface area contributed by atoms with E-state index in [1.165, 1.54) is 16.0 Å². The van der Waals surface area contributed by atoms with Crippen LogP contribution in [0, 0.1) is 0 Å². The lowest BCUT2D eigenvalue weighted by molar-refractivity contribution is 0.103. The maximum atomic E-state index is 12.2. The molecule has 0 fully saturated rings. The van der Waals surface area contributed by atoms with Crippen LogP contribution >= 0.6 is 22.7 Å². The Labute approximate surface area is 123 Å². The third kappa shape index (κ3) is 2.33. The van der Waals surface area contributed by atoms with Crippen molar-refractivity contribution in [1.82, 2.24) is 4.98 Å². The molecule has 2 aromatic heterocycles. The van der Waals surface area contributed by atoms with Gasteiger partial charge in [-0.05, 0) is 35.0 Å². The first-order valence-electron chi connectivity index (χ1n) is 5.90. The monoisotopic (exact) mass is 304 g/mol. The lowest BCUT2D eigenvalue weighted by atomic mass is 10.2. The fraction of sp³-hybridized carbons (Fsp3) is 0.0769. The normalized spacial score (nSPS) is 10.7. The van der Waals surface area contributed by atoms with Crippen molar-refractivity contribution < 1.29 is 4.79 Å². The zero-order valence-corrected chi connectivity index (χ0v) is 12.3. The molecule has 3 aromatic rings. The predicted molar refractivity (Wildman–Crippen MR) is 85.9 cm³/mol. The molecule has 1 aromatic carbocycles. The molecule has 0 bridgehead atoms. The summed E-state index contributed by atoms with van der Waals surface area (Å²) in [6.45, 7) is 0. The third-order valence-corrected chi connectivity index (χ3v) is 4.77. The quantitative estimate of drug-likeness (QED) is 0.694. The van der Waals surface area contributed by atoms with Crippen molar-refractivity contribution in [3.8, 4) is 0 Å². The van der Waals surface area contributed by atoms with E-state index in [4.69, 9.17) is 5.73 Å². The Bertz CT molecular complexity index is 778. The van der Waals surface area contributed by atoms with Gasteiger partial charge in [-0.25, -0.2) is 4.98 Å². The molecule has 2 heterocycles. The van der Waals surface area contributed by atoms with Crippen molar-refractivity contribution in [2.45, 2.75) is 0 Å². The highest BCUT2D eigenvalue weighted by molar-refractivity contribution is 7.18. The van der Waals surface area contributed by atoms with Crippen molar-refractivity contribution in [3.63, 3.8) is 0 Å². The number of rotatable bonds is 3. The van der Waals surface area contributed by atoms with Crippen LogP contribution in [0.2, 0.25) is 0 Å². The van der Waals surface area contributed by atoms with Crippen LogP contribution in [0.15, 0.2) is 29.6 Å². The number of thiophene rings is 1. The number of nitrogens with zero attached hydrogens (tertiary/aromatic N) is 1. The van der Waals surface area contributed by atoms with Crippen LogP contribution in [0.3, 0.4) is 0 Å². The van der Waals surface area contributed by atoms with Gasteiger partial charge < -0.3 is 16.4 Å². The molecule has 0 atom stereocenters. The number of carbonyl (C=O) groups is 1. The van der Waals surface area contributed by atoms with E-state index in [-0.39, 0.29) is 11.7 Å². The number of amides is 1. The molecule has 0 saturated heterocycles. The van der Waals surface area contributed by atoms with Gasteiger partial charge in [0.05, 0.1) is 0 Å². The maximum absolute atomic E-state index is 12.2. The molecule has 3 rings (SSSR count). The molecule has 4 N–H and O–H groups in total. The van der Waals surface area contributed by atoms with Gasteiger partial charge >= 0.3 is 0 Å². The molecule has 0 saturated carbocycles. The summed E-state index contributed by atoms with van der Waals surface area (Å²) < 4.78 is 1.19. The van der Waals surface area contributed by atoms with Crippen molar-refractivity contribution in [1.29, 1.82) is 0 Å². The fourth-order valence-corrected chi connectivity index (χ4v) is 3.34. The SMILES string of the molecule is CNc1nc(N)c(C(=O)Nc2ccc3sccc3c2)s1. The van der Waals surface area contributed by atoms with Gasteiger partial charge in [0, 0.05) is 17.4 Å². The molecule has 0 spiro atoms. The number of nitrogens with one attached hydrogen (secondary N) is 2. The fourth-order valence-electron chi connectivity index (χ4n) is 1.83. The Hall–Kier alpha value is -2.12. The summed E-state index contributed by atoms with van der Waals surface area (Å²) in [5.74, 6) is 0.00420. The number of nitrogen functional groups attached to an aromatic ring is 1. The Morgan fingerprint density at radius 2 is 2.20 bits per heavy atom. The summed E-state index contributed by atoms with van der Waals surface area (Å²) in [5.41, 5.74) is 6.50. The molecule has 0 aliphatic heterocycles. The van der Waals surface area contributed by atoms with E-state index in [0.717, 1.165) is 11.1 Å². The van der Waals surface area contributed by atoms with Gasteiger partial charge in [-0.2, -0.15) is 0 Å². The highest BCUT2D eigenvalue weighted by Crippen LogP contribution is 2.27. The largest absolute Gasteiger partial charge is 0.382 e. The Morgan fingerprint density at radius 1 is 1.35 bits per heavy atom. The average Bonchev–Trinajstić information content (AvgIpc) is 3.04. The van der Waals surface area contributed by atoms with Gasteiger partial charge in [0.25, 0.3) is 5.91 Å². The van der Waals surface area contributed by atoms with E-state index in [2.05, 4.69) is 15.6 Å². The second-order valence-corrected chi connectivity index (χ2v) is 6.06. The van der Waals surface area contributed by atoms with Crippen LogP contribution in [0.25, 0.3) is 10.1 Å². The predicted octanol–water partition coefficient (Wildman–Crippen LogP) is 3.23. The highest BCUT2D eigenvalue weighted by atomic mass is 32.1. The maximum Gasteiger partial charge on any atom is 0.269 e. The summed E-state index contributed by atoms with van der Waals surface area (Å²) in [6, 6.07) is 7.84. The minimum atomic E-state index is -0.240. The zero-order valence-electron chi connectivity index (χ0n) is 10.6. The molecule has 20 heavy (non-hydrogen) atoms. The lowest BCUT2D eigenvalue weighted by Gasteiger charge is -2.04. The van der Waals surface area contributed by atoms with Crippen molar-refractivity contribution in [2.75, 3.05) is 23.4 Å². The molecule has 1 amide bonds. The number of aromatic nitrogens is 1. The summed E-state index contributed by atoms with van der Waals surface area (Å²) in [4.78, 5) is 16.7. The molecule has 0 aliphatic rings. The first kappa shape index (κ1) is 12.9. The first-order chi connectivity index (χ1) is 9.67. The van der Waals surface area contributed by atoms with Crippen LogP contribution in [0.4, 0.5) is 16.6 Å². The minimum absolute atomic E-state index is 0.240. The molecule has 0 radical (unpaired) electrons. The number of thiazole rings is 1. The van der Waals surface area contributed by atoms with Gasteiger partial charge in [-0.3, -0.25) is 4.79 Å². The summed E-state index contributed by atoms with van der Waals surface area (Å²) in [5, 5.41) is 9.49. The van der Waals surface area contributed by atoms with Crippen molar-refractivity contribution >= 4 is 55.3 Å². The second kappa shape index (κ2) is 5.10. The van der Waals surface area contributed by atoms with Gasteiger partial charge in [0.2, 0.25) is 0 Å². The smallest absolute Gasteiger partial charge is 0.269 e. The molecule has 5 nitrogen and oxygen atoms in total. The number of benzene rings is 1. The van der Waals surface area contributed by atoms with E-state index in [1.807, 2.05) is 29.6 Å². The standard InChI is InChI=1S/C13H12N4OS2/c1-15-13-17-11(14)10(20-13)12(18)16-8-2-3-9-7(6-8)4-5-19-9/h2-6H,14H2,1H3,(H,15,17)(H,16,18). The van der Waals surface area contributed by atoms with Crippen molar-refractivity contribution in [2.24, 2.45) is 0 Å². The number of carbonyl (C=O) groups excluding carboxylic acids is 1. The van der Waals surface area contributed by atoms with Crippen LogP contribution < -0.4 is 16.4 Å². The van der Waals surface area contributed by atoms with Crippen LogP contribution in [-0.4, -0.2) is 17.9 Å². The van der Waals surface area contributed by atoms with Crippen LogP contribution in [0.5, 0.6) is 0 Å². The minimum Gasteiger partial charge on any atom is -0.382 e. The highest BCUT2D eigenvalue weighted by Gasteiger charge is 2.16. The molecule has 102 valence electrons. The Kier molecular flexibility index (Phi) is 3.29. The summed E-state index contributed by atoms with van der Waals surface area (Å²) in [6.07, 6.45) is 0. The molecular weight excluding hydrogens is 292 g/mol. The Balaban J connectivity index is 1.85. The first-order valence-corrected chi connectivity index (χ1v) is 7.59. The Morgan fingerprint density at radius 3 is 2.95 bits per heavy atom. The van der Waals surface area contributed by atoms with Crippen LogP contribution in [0.1, 0.15) is 9.67 Å². The lowest BCUT2D eigenvalue weighted by Crippen LogP contribution is -2.12. The molecule has 0 unspecified atom stereocenters. The number of hydrogen-bond acceptors (Lipinski definition) is 6. The molecular formula is C13H12N4OS2. The van der Waals surface area contributed by atoms with Gasteiger partial charge in [-0.15, -0.1) is 11.3 Å². The van der Waals surface area contributed by atoms with Gasteiger partial charge in [0.15, 0.2) is 5.13 Å². The van der Waals surface area contributed by atoms with Gasteiger partial charge in [-0.1, -0.05) is 11.3 Å². The summed E-state index contributed by atoms with van der Waals surface area (Å²) in [7, 11) is 1.74. The number of nitrogens with two attached hydrogens (primary N) is 1. The number of anilines is 3. The number of fused-ring (bicyclic) bond motifs is 1. The average molecular weight is 304 g/mol. The van der Waals surface area contributed by atoms with E-state index >= 15 is 0 Å². The van der Waals surface area contributed by atoms with E-state index in [1.54, 1.807) is 18.4 Å². The third-order valence-electron chi connectivity index (χ3n) is 2.78. The number of hydrogen-bond donors (Lipinski definition) is 3. The van der Waals surface area contributed by atoms with Crippen molar-refractivity contribution in [3.05, 3.63) is 34.5 Å². The second-order valence-electron chi connectivity index (χ2n) is 4.11.